The van der Waals surface area contributed by atoms with E-state index in [0.29, 0.717) is 0 Å². The molecule has 0 saturated heterocycles. The Morgan fingerprint density at radius 1 is 0.714 bits per heavy atom. The molecule has 0 aromatic heterocycles. The van der Waals surface area contributed by atoms with Crippen molar-refractivity contribution in [2.24, 2.45) is 0 Å². The molecule has 102 valence electrons. The predicted octanol–water partition coefficient (Wildman–Crippen LogP) is 5.22. The van der Waals surface area contributed by atoms with Gasteiger partial charge in [-0.05, 0) is 0 Å². The minimum absolute atomic E-state index is 0.751. The summed E-state index contributed by atoms with van der Waals surface area (Å²) >= 11 is -0.834. The summed E-state index contributed by atoms with van der Waals surface area (Å²) in [5.74, 6) is 0. The fraction of sp³-hybridized carbons (Fsp3) is 0.200. The average Bonchev–Trinajstić information content (AvgIpc) is 3.07. The van der Waals surface area contributed by atoms with Crippen LogP contribution in [0.5, 0.6) is 0 Å². The maximum absolute atomic E-state index is 2.47. The molecule has 0 bridgehead atoms. The molecular formula is C20H18Hf. The quantitative estimate of drug-likeness (QED) is 0.566. The van der Waals surface area contributed by atoms with Gasteiger partial charge in [0.25, 0.3) is 0 Å². The second kappa shape index (κ2) is 5.21. The fourth-order valence-corrected chi connectivity index (χ4v) is 9.46. The van der Waals surface area contributed by atoms with Gasteiger partial charge in [-0.3, -0.25) is 0 Å². The molecule has 0 amide bonds. The van der Waals surface area contributed by atoms with Crippen LogP contribution >= 0.6 is 0 Å². The summed E-state index contributed by atoms with van der Waals surface area (Å²) in [6.45, 7) is 4.46. The third-order valence-electron chi connectivity index (χ3n) is 4.66. The van der Waals surface area contributed by atoms with Gasteiger partial charge in [0.1, 0.15) is 0 Å². The molecule has 0 N–H and O–H groups in total. The van der Waals surface area contributed by atoms with E-state index < -0.39 is 22.9 Å². The van der Waals surface area contributed by atoms with Crippen molar-refractivity contribution >= 4 is 12.2 Å². The van der Waals surface area contributed by atoms with Gasteiger partial charge in [-0.15, -0.1) is 0 Å². The van der Waals surface area contributed by atoms with E-state index in [1.165, 1.54) is 22.3 Å². The molecular weight excluding hydrogens is 419 g/mol. The fourth-order valence-electron chi connectivity index (χ4n) is 3.48. The van der Waals surface area contributed by atoms with Crippen LogP contribution in [-0.4, -0.2) is 0 Å². The summed E-state index contributed by atoms with van der Waals surface area (Å²) in [5.41, 5.74) is 9.00. The monoisotopic (exact) mass is 438 g/mol. The molecule has 0 saturated carbocycles. The van der Waals surface area contributed by atoms with E-state index in [1.807, 2.05) is 0 Å². The van der Waals surface area contributed by atoms with E-state index in [9.17, 15) is 0 Å². The third-order valence-corrected chi connectivity index (χ3v) is 10.9. The molecule has 0 nitrogen and oxygen atoms in total. The van der Waals surface area contributed by atoms with Crippen LogP contribution in [0.15, 0.2) is 48.6 Å². The normalized spacial score (nSPS) is 21.4. The summed E-state index contributed by atoms with van der Waals surface area (Å²) in [7, 11) is 0. The number of hydrogen-bond donors (Lipinski definition) is 0. The first-order chi connectivity index (χ1) is 10.2. The average molecular weight is 437 g/mol. The van der Waals surface area contributed by atoms with Gasteiger partial charge in [-0.1, -0.05) is 0 Å². The standard InChI is InChI=1S/2C10H9.Hf/c2*1-8-4-2-5-9-6-3-7-10(8)9;/h2*2-7H,1H3;. The molecule has 21 heavy (non-hydrogen) atoms. The van der Waals surface area contributed by atoms with Crippen LogP contribution in [0.3, 0.4) is 0 Å². The zero-order chi connectivity index (χ0) is 14.4. The summed E-state index contributed by atoms with van der Waals surface area (Å²) in [6.07, 6.45) is 9.67. The molecule has 4 rings (SSSR count). The summed E-state index contributed by atoms with van der Waals surface area (Å²) in [5, 5.41) is 0. The van der Waals surface area contributed by atoms with Gasteiger partial charge >= 0.3 is 138 Å². The van der Waals surface area contributed by atoms with Crippen LogP contribution in [0.25, 0.3) is 12.2 Å². The first kappa shape index (κ1) is 13.5. The zero-order valence-electron chi connectivity index (χ0n) is 12.4. The van der Waals surface area contributed by atoms with Crippen molar-refractivity contribution in [3.63, 3.8) is 0 Å². The van der Waals surface area contributed by atoms with Crippen LogP contribution in [-0.2, 0) is 22.9 Å². The maximum atomic E-state index is 2.47. The molecule has 2 aromatic carbocycles. The molecule has 2 aromatic rings. The van der Waals surface area contributed by atoms with Gasteiger partial charge in [-0.2, -0.15) is 0 Å². The predicted molar refractivity (Wildman–Crippen MR) is 85.9 cm³/mol. The van der Waals surface area contributed by atoms with E-state index in [2.05, 4.69) is 74.5 Å². The first-order valence-corrected chi connectivity index (χ1v) is 11.7. The van der Waals surface area contributed by atoms with Crippen LogP contribution in [0.1, 0.15) is 40.7 Å². The van der Waals surface area contributed by atoms with Crippen LogP contribution in [0.4, 0.5) is 0 Å². The molecule has 2 aliphatic carbocycles. The molecule has 2 atom stereocenters. The van der Waals surface area contributed by atoms with E-state index in [-0.39, 0.29) is 0 Å². The van der Waals surface area contributed by atoms with Crippen molar-refractivity contribution in [1.82, 2.24) is 0 Å². The molecule has 1 heteroatoms. The number of rotatable bonds is 2. The van der Waals surface area contributed by atoms with E-state index in [0.717, 1.165) is 7.35 Å². The van der Waals surface area contributed by atoms with Gasteiger partial charge < -0.3 is 0 Å². The van der Waals surface area contributed by atoms with E-state index in [4.69, 9.17) is 0 Å². The van der Waals surface area contributed by atoms with Crippen LogP contribution in [0, 0.1) is 13.8 Å². The number of hydrogen-bond acceptors (Lipinski definition) is 0. The summed E-state index contributed by atoms with van der Waals surface area (Å²) < 4.78 is 1.50. The van der Waals surface area contributed by atoms with Crippen molar-refractivity contribution in [3.8, 4) is 0 Å². The van der Waals surface area contributed by atoms with Gasteiger partial charge in [0.15, 0.2) is 0 Å². The van der Waals surface area contributed by atoms with Crippen molar-refractivity contribution in [2.75, 3.05) is 0 Å². The number of fused-ring (bicyclic) bond motifs is 2. The molecule has 0 spiro atoms. The molecule has 0 fully saturated rings. The van der Waals surface area contributed by atoms with Crippen molar-refractivity contribution in [3.05, 3.63) is 81.9 Å². The van der Waals surface area contributed by atoms with Crippen molar-refractivity contribution in [1.29, 1.82) is 0 Å². The Kier molecular flexibility index (Phi) is 3.34. The molecule has 0 heterocycles. The topological polar surface area (TPSA) is 0 Å². The summed E-state index contributed by atoms with van der Waals surface area (Å²) in [6, 6.07) is 13.6. The Labute approximate surface area is 138 Å². The molecule has 0 aliphatic heterocycles. The van der Waals surface area contributed by atoms with Crippen molar-refractivity contribution in [2.45, 2.75) is 21.2 Å². The number of allylic oxidation sites excluding steroid dienone is 2. The van der Waals surface area contributed by atoms with Crippen LogP contribution < -0.4 is 0 Å². The summed E-state index contributed by atoms with van der Waals surface area (Å²) in [4.78, 5) is 0. The van der Waals surface area contributed by atoms with Gasteiger partial charge in [-0.25, -0.2) is 0 Å². The van der Waals surface area contributed by atoms with E-state index in [1.54, 1.807) is 11.1 Å². The van der Waals surface area contributed by atoms with Crippen molar-refractivity contribution < 1.29 is 22.9 Å². The second-order valence-corrected chi connectivity index (χ2v) is 11.7. The van der Waals surface area contributed by atoms with Gasteiger partial charge in [0, 0.05) is 0 Å². The molecule has 2 aliphatic rings. The first-order valence-electron chi connectivity index (χ1n) is 7.55. The van der Waals surface area contributed by atoms with Crippen LogP contribution in [0.2, 0.25) is 0 Å². The van der Waals surface area contributed by atoms with E-state index >= 15 is 0 Å². The Morgan fingerprint density at radius 3 is 1.67 bits per heavy atom. The van der Waals surface area contributed by atoms with Gasteiger partial charge in [0.2, 0.25) is 0 Å². The number of benzene rings is 2. The second-order valence-electron chi connectivity index (χ2n) is 6.00. The Bertz CT molecular complexity index is 702. The zero-order valence-corrected chi connectivity index (χ0v) is 16.0. The third kappa shape index (κ3) is 2.23. The number of aryl methyl sites for hydroxylation is 2. The Balaban J connectivity index is 1.64. The minimum atomic E-state index is -0.834. The molecule has 2 unspecified atom stereocenters. The van der Waals surface area contributed by atoms with Gasteiger partial charge in [0.05, 0.1) is 0 Å². The SMILES string of the molecule is Cc1cccc2c1C=C[CH]2[Hf][CH]1C=Cc2c(C)cccc21. The molecule has 0 radical (unpaired) electrons. The Hall–Kier alpha value is -1.21. The Morgan fingerprint density at radius 2 is 1.19 bits per heavy atom.